The second-order valence-corrected chi connectivity index (χ2v) is 5.77. The molecule has 2 rings (SSSR count). The number of nitrogens with one attached hydrogen (secondary N) is 1. The van der Waals surface area contributed by atoms with E-state index >= 15 is 0 Å². The third-order valence-electron chi connectivity index (χ3n) is 3.80. The molecule has 3 N–H and O–H groups in total. The van der Waals surface area contributed by atoms with Crippen molar-refractivity contribution in [2.24, 2.45) is 0 Å². The molecule has 0 aliphatic carbocycles. The van der Waals surface area contributed by atoms with E-state index in [1.54, 1.807) is 0 Å². The van der Waals surface area contributed by atoms with E-state index < -0.39 is 12.2 Å². The summed E-state index contributed by atoms with van der Waals surface area (Å²) < 4.78 is 11.2. The number of benzene rings is 1. The first-order chi connectivity index (χ1) is 10.7. The molecule has 0 radical (unpaired) electrons. The Morgan fingerprint density at radius 3 is 2.86 bits per heavy atom. The van der Waals surface area contributed by atoms with Gasteiger partial charge in [0.05, 0.1) is 19.3 Å². The zero-order chi connectivity index (χ0) is 15.8. The van der Waals surface area contributed by atoms with E-state index in [0.717, 1.165) is 24.5 Å². The van der Waals surface area contributed by atoms with Crippen LogP contribution >= 0.6 is 0 Å². The second-order valence-electron chi connectivity index (χ2n) is 5.77. The van der Waals surface area contributed by atoms with Crippen molar-refractivity contribution in [2.75, 3.05) is 18.5 Å². The van der Waals surface area contributed by atoms with E-state index in [9.17, 15) is 10.2 Å². The lowest BCUT2D eigenvalue weighted by Gasteiger charge is -2.31. The Morgan fingerprint density at radius 2 is 2.09 bits per heavy atom. The summed E-state index contributed by atoms with van der Waals surface area (Å²) in [4.78, 5) is 0. The number of unbranched alkanes of at least 4 members (excludes halogenated alkanes) is 3. The first kappa shape index (κ1) is 17.1. The highest BCUT2D eigenvalue weighted by molar-refractivity contribution is 5.48. The lowest BCUT2D eigenvalue weighted by molar-refractivity contribution is -0.112. The number of hydrogen-bond donors (Lipinski definition) is 3. The number of rotatable bonds is 8. The van der Waals surface area contributed by atoms with Gasteiger partial charge < -0.3 is 25.0 Å². The Labute approximate surface area is 132 Å². The van der Waals surface area contributed by atoms with Crippen LogP contribution in [0.25, 0.3) is 0 Å². The van der Waals surface area contributed by atoms with Gasteiger partial charge in [0.25, 0.3) is 0 Å². The fourth-order valence-corrected chi connectivity index (χ4v) is 2.45. The predicted molar refractivity (Wildman–Crippen MR) is 86.1 cm³/mol. The molecule has 3 atom stereocenters. The third kappa shape index (κ3) is 5.48. The minimum absolute atomic E-state index is 0.145. The van der Waals surface area contributed by atoms with E-state index in [2.05, 4.69) is 12.2 Å². The summed E-state index contributed by atoms with van der Waals surface area (Å²) in [5.41, 5.74) is 0.889. The maximum atomic E-state index is 9.67. The third-order valence-corrected chi connectivity index (χ3v) is 3.80. The fourth-order valence-electron chi connectivity index (χ4n) is 2.45. The number of aliphatic hydroxyl groups is 2. The molecule has 0 bridgehead atoms. The summed E-state index contributed by atoms with van der Waals surface area (Å²) in [6.07, 6.45) is 3.27. The molecular weight excluding hydrogens is 282 g/mol. The summed E-state index contributed by atoms with van der Waals surface area (Å²) in [5.74, 6) is 0.831. The van der Waals surface area contributed by atoms with Crippen molar-refractivity contribution >= 4 is 5.69 Å². The van der Waals surface area contributed by atoms with Gasteiger partial charge in [0.15, 0.2) is 0 Å². The minimum Gasteiger partial charge on any atom is -0.494 e. The molecule has 0 amide bonds. The summed E-state index contributed by atoms with van der Waals surface area (Å²) in [7, 11) is 0. The Morgan fingerprint density at radius 1 is 1.23 bits per heavy atom. The van der Waals surface area contributed by atoms with Crippen molar-refractivity contribution in [1.82, 2.24) is 0 Å². The molecule has 1 saturated heterocycles. The molecule has 1 heterocycles. The first-order valence-corrected chi connectivity index (χ1v) is 8.16. The van der Waals surface area contributed by atoms with Gasteiger partial charge in [0.1, 0.15) is 18.1 Å². The van der Waals surface area contributed by atoms with E-state index in [0.29, 0.717) is 6.42 Å². The van der Waals surface area contributed by atoms with Crippen molar-refractivity contribution in [3.8, 4) is 5.75 Å². The normalized spacial score (nSPS) is 25.0. The smallest absolute Gasteiger partial charge is 0.130 e. The Hall–Kier alpha value is -1.30. The van der Waals surface area contributed by atoms with Crippen molar-refractivity contribution in [2.45, 2.75) is 57.5 Å². The van der Waals surface area contributed by atoms with Crippen LogP contribution in [0.2, 0.25) is 0 Å². The van der Waals surface area contributed by atoms with Crippen LogP contribution in [0.15, 0.2) is 24.3 Å². The molecule has 5 heteroatoms. The fraction of sp³-hybridized carbons (Fsp3) is 0.647. The van der Waals surface area contributed by atoms with Gasteiger partial charge in [-0.2, -0.15) is 0 Å². The average molecular weight is 309 g/mol. The highest BCUT2D eigenvalue weighted by Gasteiger charge is 2.28. The van der Waals surface area contributed by atoms with Crippen LogP contribution in [-0.2, 0) is 4.74 Å². The number of ether oxygens (including phenoxy) is 2. The molecule has 1 fully saturated rings. The average Bonchev–Trinajstić information content (AvgIpc) is 2.51. The minimum atomic E-state index is -0.796. The van der Waals surface area contributed by atoms with Gasteiger partial charge in [0.2, 0.25) is 0 Å². The number of anilines is 1. The van der Waals surface area contributed by atoms with Crippen LogP contribution in [0.1, 0.15) is 39.0 Å². The largest absolute Gasteiger partial charge is 0.494 e. The highest BCUT2D eigenvalue weighted by Crippen LogP contribution is 2.21. The molecule has 22 heavy (non-hydrogen) atoms. The van der Waals surface area contributed by atoms with Gasteiger partial charge in [-0.1, -0.05) is 32.3 Å². The Balaban J connectivity index is 1.78. The topological polar surface area (TPSA) is 71.0 Å². The van der Waals surface area contributed by atoms with E-state index in [-0.39, 0.29) is 12.8 Å². The molecule has 1 aliphatic heterocycles. The molecule has 124 valence electrons. The van der Waals surface area contributed by atoms with Gasteiger partial charge >= 0.3 is 0 Å². The first-order valence-electron chi connectivity index (χ1n) is 8.16. The predicted octanol–water partition coefficient (Wildman–Crippen LogP) is 2.53. The van der Waals surface area contributed by atoms with E-state index in [1.165, 1.54) is 19.3 Å². The molecule has 0 spiro atoms. The maximum Gasteiger partial charge on any atom is 0.130 e. The van der Waals surface area contributed by atoms with E-state index in [1.807, 2.05) is 24.3 Å². The highest BCUT2D eigenvalue weighted by atomic mass is 16.5. The second kappa shape index (κ2) is 8.98. The maximum absolute atomic E-state index is 9.67. The summed E-state index contributed by atoms with van der Waals surface area (Å²) >= 11 is 0. The van der Waals surface area contributed by atoms with Crippen LogP contribution in [0.4, 0.5) is 5.69 Å². The summed E-state index contributed by atoms with van der Waals surface area (Å²) in [6, 6.07) is 7.73. The van der Waals surface area contributed by atoms with Crippen molar-refractivity contribution < 1.29 is 19.7 Å². The van der Waals surface area contributed by atoms with Crippen LogP contribution in [0.3, 0.4) is 0 Å². The standard InChI is InChI=1S/C17H27NO4/c1-2-3-4-5-9-21-14-8-6-7-13(10-14)18-17-11-15(19)16(20)12-22-17/h6-8,10,15-20H,2-5,9,11-12H2,1H3/t15-,16-,17-/m0/s1. The number of hydrogen-bond acceptors (Lipinski definition) is 5. The van der Waals surface area contributed by atoms with E-state index in [4.69, 9.17) is 9.47 Å². The van der Waals surface area contributed by atoms with Crippen LogP contribution < -0.4 is 10.1 Å². The summed E-state index contributed by atoms with van der Waals surface area (Å²) in [6.45, 7) is 3.07. The zero-order valence-electron chi connectivity index (χ0n) is 13.2. The Kier molecular flexibility index (Phi) is 6.96. The molecule has 5 nitrogen and oxygen atoms in total. The Bertz CT molecular complexity index is 440. The quantitative estimate of drug-likeness (QED) is 0.644. The lowest BCUT2D eigenvalue weighted by Crippen LogP contribution is -2.44. The van der Waals surface area contributed by atoms with Crippen LogP contribution in [0, 0.1) is 0 Å². The van der Waals surface area contributed by atoms with Gasteiger partial charge in [-0.05, 0) is 18.6 Å². The van der Waals surface area contributed by atoms with Crippen molar-refractivity contribution in [3.63, 3.8) is 0 Å². The molecule has 0 aromatic heterocycles. The van der Waals surface area contributed by atoms with Gasteiger partial charge in [-0.25, -0.2) is 0 Å². The van der Waals surface area contributed by atoms with Crippen molar-refractivity contribution in [1.29, 1.82) is 0 Å². The van der Waals surface area contributed by atoms with Gasteiger partial charge in [-0.15, -0.1) is 0 Å². The SMILES string of the molecule is CCCCCCOc1cccc(N[C@@H]2C[C@H](O)[C@@H](O)CO2)c1. The summed E-state index contributed by atoms with van der Waals surface area (Å²) in [5, 5.41) is 22.3. The monoisotopic (exact) mass is 309 g/mol. The van der Waals surface area contributed by atoms with Crippen LogP contribution in [-0.4, -0.2) is 41.9 Å². The molecule has 1 aliphatic rings. The molecule has 0 unspecified atom stereocenters. The molecule has 0 saturated carbocycles. The van der Waals surface area contributed by atoms with Crippen molar-refractivity contribution in [3.05, 3.63) is 24.3 Å². The number of aliphatic hydroxyl groups excluding tert-OH is 2. The molecular formula is C17H27NO4. The lowest BCUT2D eigenvalue weighted by atomic mass is 10.1. The van der Waals surface area contributed by atoms with Gasteiger partial charge in [0, 0.05) is 18.2 Å². The molecule has 1 aromatic carbocycles. The van der Waals surface area contributed by atoms with Crippen LogP contribution in [0.5, 0.6) is 5.75 Å². The molecule has 1 aromatic rings. The van der Waals surface area contributed by atoms with Gasteiger partial charge in [-0.3, -0.25) is 0 Å². The zero-order valence-corrected chi connectivity index (χ0v) is 13.2.